The van der Waals surface area contributed by atoms with Gasteiger partial charge >= 0.3 is 0 Å². The van der Waals surface area contributed by atoms with Crippen molar-refractivity contribution in [2.75, 3.05) is 32.8 Å². The fraction of sp³-hybridized carbons (Fsp3) is 0.571. The highest BCUT2D eigenvalue weighted by atomic mass is 32.2. The van der Waals surface area contributed by atoms with Crippen LogP contribution in [0.3, 0.4) is 0 Å². The molecular weight excluding hydrogens is 511 g/mol. The molecule has 208 valence electrons. The Morgan fingerprint density at radius 1 is 1.05 bits per heavy atom. The number of nitrogens with one attached hydrogen (secondary N) is 1. The van der Waals surface area contributed by atoms with Crippen molar-refractivity contribution in [2.45, 2.75) is 61.7 Å². The largest absolute Gasteiger partial charge is 0.492 e. The predicted octanol–water partition coefficient (Wildman–Crippen LogP) is 2.52. The number of β-amino-alcohol motifs (C(OH)–C–C–N with tert-alkyl or cyclic N) is 1. The fourth-order valence-electron chi connectivity index (χ4n) is 6.35. The number of fused-ring (bicyclic) bond motifs is 1. The number of rotatable bonds is 3. The molecule has 1 heterocycles. The molecule has 2 aliphatic carbocycles. The molecule has 0 bridgehead atoms. The van der Waals surface area contributed by atoms with Gasteiger partial charge in [-0.2, -0.15) is 0 Å². The molecule has 2 fully saturated rings. The van der Waals surface area contributed by atoms with E-state index in [0.29, 0.717) is 36.4 Å². The molecule has 2 aromatic rings. The van der Waals surface area contributed by atoms with Crippen LogP contribution >= 0.6 is 0 Å². The normalized spacial score (nSPS) is 30.9. The van der Waals surface area contributed by atoms with E-state index >= 15 is 0 Å². The molecule has 4 N–H and O–H groups in total. The second-order valence-electron chi connectivity index (χ2n) is 11.3. The van der Waals surface area contributed by atoms with Gasteiger partial charge in [0.25, 0.3) is 0 Å². The van der Waals surface area contributed by atoms with E-state index in [-0.39, 0.29) is 30.3 Å². The van der Waals surface area contributed by atoms with E-state index in [2.05, 4.69) is 9.62 Å². The molecule has 1 aliphatic heterocycles. The van der Waals surface area contributed by atoms with Crippen LogP contribution in [-0.2, 0) is 10.0 Å². The molecule has 0 aromatic heterocycles. The zero-order valence-corrected chi connectivity index (χ0v) is 22.2. The number of benzene rings is 2. The number of hydrogen-bond acceptors (Lipinski definition) is 7. The summed E-state index contributed by atoms with van der Waals surface area (Å²) in [5.74, 6) is 0.113. The molecule has 8 nitrogen and oxygen atoms in total. The maximum absolute atomic E-state index is 14.5. The SMILES string of the molecule is O=S1(=O)NC[C@H](O)CN(CC2CCCC2)CC2(COc3cc(-c4ccccc4F)ccc31)C[C@@H](O)[C@@H](O)C2. The molecule has 2 saturated carbocycles. The molecule has 5 rings (SSSR count). The van der Waals surface area contributed by atoms with Gasteiger partial charge in [-0.15, -0.1) is 0 Å². The summed E-state index contributed by atoms with van der Waals surface area (Å²) in [6.45, 7) is 1.40. The van der Waals surface area contributed by atoms with Crippen LogP contribution in [0.25, 0.3) is 11.1 Å². The minimum atomic E-state index is -4.05. The Morgan fingerprint density at radius 2 is 1.76 bits per heavy atom. The minimum Gasteiger partial charge on any atom is -0.492 e. The Kier molecular flexibility index (Phi) is 8.09. The second kappa shape index (κ2) is 11.2. The number of ether oxygens (including phenoxy) is 1. The highest BCUT2D eigenvalue weighted by Gasteiger charge is 2.46. The zero-order valence-electron chi connectivity index (χ0n) is 21.4. The van der Waals surface area contributed by atoms with E-state index in [1.165, 1.54) is 37.1 Å². The van der Waals surface area contributed by atoms with E-state index in [1.807, 2.05) is 0 Å². The Bertz CT molecular complexity index is 1230. The predicted molar refractivity (Wildman–Crippen MR) is 141 cm³/mol. The van der Waals surface area contributed by atoms with Crippen molar-refractivity contribution in [1.82, 2.24) is 9.62 Å². The first-order valence-electron chi connectivity index (χ1n) is 13.4. The van der Waals surface area contributed by atoms with Crippen molar-refractivity contribution >= 4 is 10.0 Å². The smallest absolute Gasteiger partial charge is 0.244 e. The van der Waals surface area contributed by atoms with E-state index in [9.17, 15) is 28.1 Å². The van der Waals surface area contributed by atoms with E-state index in [1.54, 1.807) is 18.2 Å². The molecule has 0 amide bonds. The van der Waals surface area contributed by atoms with Crippen LogP contribution in [0.1, 0.15) is 38.5 Å². The second-order valence-corrected chi connectivity index (χ2v) is 13.1. The first-order valence-corrected chi connectivity index (χ1v) is 14.9. The van der Waals surface area contributed by atoms with Crippen LogP contribution < -0.4 is 9.46 Å². The molecular formula is C28H37FN2O6S. The lowest BCUT2D eigenvalue weighted by atomic mass is 9.85. The van der Waals surface area contributed by atoms with Gasteiger partial charge in [0.2, 0.25) is 10.0 Å². The summed E-state index contributed by atoms with van der Waals surface area (Å²) in [5.41, 5.74) is 0.126. The van der Waals surface area contributed by atoms with Crippen LogP contribution in [-0.4, -0.2) is 79.7 Å². The Hall–Kier alpha value is -2.08. The van der Waals surface area contributed by atoms with Crippen molar-refractivity contribution in [1.29, 1.82) is 0 Å². The van der Waals surface area contributed by atoms with Crippen LogP contribution in [0.2, 0.25) is 0 Å². The standard InChI is InChI=1S/C28H37FN2O6S/c29-23-8-4-3-7-22(23)20-9-10-27-26(11-20)37-18-28(12-24(33)25(34)13-28)17-31(15-19-5-1-2-6-19)16-21(32)14-30-38(27,35)36/h3-4,7-11,19,21,24-25,30,32-34H,1-2,5-6,12-18H2/t21-,24-,25+,28?/m0/s1. The number of aliphatic hydroxyl groups excluding tert-OH is 3. The summed E-state index contributed by atoms with van der Waals surface area (Å²) in [7, 11) is -4.05. The first-order chi connectivity index (χ1) is 18.1. The first kappa shape index (κ1) is 27.5. The topological polar surface area (TPSA) is 119 Å². The average molecular weight is 549 g/mol. The Morgan fingerprint density at radius 3 is 2.47 bits per heavy atom. The monoisotopic (exact) mass is 548 g/mol. The maximum Gasteiger partial charge on any atom is 0.244 e. The summed E-state index contributed by atoms with van der Waals surface area (Å²) in [4.78, 5) is 2.03. The summed E-state index contributed by atoms with van der Waals surface area (Å²) >= 11 is 0. The molecule has 2 aromatic carbocycles. The van der Waals surface area contributed by atoms with Crippen molar-refractivity contribution < 1.29 is 32.9 Å². The van der Waals surface area contributed by atoms with Gasteiger partial charge in [-0.25, -0.2) is 17.5 Å². The summed E-state index contributed by atoms with van der Waals surface area (Å²) < 4.78 is 49.8. The minimum absolute atomic E-state index is 0.0572. The van der Waals surface area contributed by atoms with Gasteiger partial charge in [0.05, 0.1) is 24.9 Å². The lowest BCUT2D eigenvalue weighted by molar-refractivity contribution is 0.0394. The van der Waals surface area contributed by atoms with E-state index < -0.39 is 39.6 Å². The summed E-state index contributed by atoms with van der Waals surface area (Å²) in [6.07, 6.45) is 2.37. The number of sulfonamides is 1. The van der Waals surface area contributed by atoms with Gasteiger partial charge in [-0.05, 0) is 55.4 Å². The van der Waals surface area contributed by atoms with Crippen LogP contribution in [0.4, 0.5) is 4.39 Å². The van der Waals surface area contributed by atoms with E-state index in [4.69, 9.17) is 4.74 Å². The van der Waals surface area contributed by atoms with Gasteiger partial charge in [0.15, 0.2) is 0 Å². The lowest BCUT2D eigenvalue weighted by Crippen LogP contribution is -2.48. The van der Waals surface area contributed by atoms with Crippen LogP contribution in [0.15, 0.2) is 47.4 Å². The Balaban J connectivity index is 1.52. The molecule has 0 radical (unpaired) electrons. The van der Waals surface area contributed by atoms with Gasteiger partial charge < -0.3 is 20.1 Å². The third-order valence-corrected chi connectivity index (χ3v) is 9.67. The quantitative estimate of drug-likeness (QED) is 0.465. The van der Waals surface area contributed by atoms with Crippen molar-refractivity contribution in [3.63, 3.8) is 0 Å². The summed E-state index contributed by atoms with van der Waals surface area (Å²) in [6, 6.07) is 10.7. The third-order valence-electron chi connectivity index (χ3n) is 8.21. The average Bonchev–Trinajstić information content (AvgIpc) is 3.48. The fourth-order valence-corrected chi connectivity index (χ4v) is 7.55. The molecule has 4 atom stereocenters. The van der Waals surface area contributed by atoms with Crippen molar-refractivity contribution in [3.8, 4) is 16.9 Å². The molecule has 38 heavy (non-hydrogen) atoms. The van der Waals surface area contributed by atoms with Crippen LogP contribution in [0, 0.1) is 17.2 Å². The maximum atomic E-state index is 14.5. The third kappa shape index (κ3) is 6.05. The zero-order chi connectivity index (χ0) is 26.9. The van der Waals surface area contributed by atoms with Crippen molar-refractivity contribution in [3.05, 3.63) is 48.3 Å². The number of nitrogens with zero attached hydrogens (tertiary/aromatic N) is 1. The molecule has 1 unspecified atom stereocenters. The van der Waals surface area contributed by atoms with Gasteiger partial charge in [0, 0.05) is 37.2 Å². The van der Waals surface area contributed by atoms with Gasteiger partial charge in [-0.3, -0.25) is 4.90 Å². The molecule has 3 aliphatic rings. The van der Waals surface area contributed by atoms with Gasteiger partial charge in [-0.1, -0.05) is 37.1 Å². The van der Waals surface area contributed by atoms with Crippen molar-refractivity contribution in [2.24, 2.45) is 11.3 Å². The van der Waals surface area contributed by atoms with Gasteiger partial charge in [0.1, 0.15) is 16.5 Å². The lowest BCUT2D eigenvalue weighted by Gasteiger charge is -2.38. The molecule has 0 saturated heterocycles. The van der Waals surface area contributed by atoms with E-state index in [0.717, 1.165) is 19.4 Å². The summed E-state index contributed by atoms with van der Waals surface area (Å²) in [5, 5.41) is 31.8. The number of hydrogen-bond donors (Lipinski definition) is 4. The number of halogens is 1. The highest BCUT2D eigenvalue weighted by molar-refractivity contribution is 7.89. The molecule has 1 spiro atoms. The Labute approximate surface area is 223 Å². The number of aliphatic hydroxyl groups is 3. The highest BCUT2D eigenvalue weighted by Crippen LogP contribution is 2.42. The molecule has 10 heteroatoms. The van der Waals surface area contributed by atoms with Crippen LogP contribution in [0.5, 0.6) is 5.75 Å².